The van der Waals surface area contributed by atoms with Crippen molar-refractivity contribution < 1.29 is 14.3 Å². The molecule has 1 aromatic carbocycles. The SMILES string of the molecule is CCNC(=O)Nc1ccc(-c2nc3c(c(N4CCOC[C@@H]4C)n2)CCN2C(=O)CC[C@@H]32)cc1. The topological polar surface area (TPSA) is 99.7 Å². The minimum atomic E-state index is -0.232. The van der Waals surface area contributed by atoms with Crippen LogP contribution in [-0.4, -0.2) is 65.7 Å². The van der Waals surface area contributed by atoms with E-state index in [1.165, 1.54) is 0 Å². The molecule has 5 rings (SSSR count). The predicted molar refractivity (Wildman–Crippen MR) is 125 cm³/mol. The van der Waals surface area contributed by atoms with Crippen LogP contribution in [0.15, 0.2) is 24.3 Å². The Hall–Kier alpha value is -3.20. The van der Waals surface area contributed by atoms with E-state index in [0.717, 1.165) is 48.6 Å². The average Bonchev–Trinajstić information content (AvgIpc) is 3.20. The van der Waals surface area contributed by atoms with E-state index in [4.69, 9.17) is 14.7 Å². The van der Waals surface area contributed by atoms with Crippen LogP contribution in [0.3, 0.4) is 0 Å². The first-order chi connectivity index (χ1) is 16.0. The molecule has 0 unspecified atom stereocenters. The van der Waals surface area contributed by atoms with Crippen LogP contribution in [0.2, 0.25) is 0 Å². The quantitative estimate of drug-likeness (QED) is 0.743. The third kappa shape index (κ3) is 4.13. The molecule has 2 atom stereocenters. The highest BCUT2D eigenvalue weighted by Crippen LogP contribution is 2.41. The molecule has 2 aromatic rings. The second-order valence-corrected chi connectivity index (χ2v) is 8.81. The molecule has 2 N–H and O–H groups in total. The van der Waals surface area contributed by atoms with Gasteiger partial charge in [-0.1, -0.05) is 0 Å². The van der Waals surface area contributed by atoms with Crippen molar-refractivity contribution in [3.63, 3.8) is 0 Å². The van der Waals surface area contributed by atoms with Gasteiger partial charge in [-0.05, 0) is 51.0 Å². The summed E-state index contributed by atoms with van der Waals surface area (Å²) in [6.45, 7) is 7.45. The maximum absolute atomic E-state index is 12.4. The van der Waals surface area contributed by atoms with Gasteiger partial charge in [-0.15, -0.1) is 0 Å². The highest BCUT2D eigenvalue weighted by molar-refractivity contribution is 5.89. The van der Waals surface area contributed by atoms with E-state index in [1.807, 2.05) is 36.1 Å². The van der Waals surface area contributed by atoms with E-state index in [2.05, 4.69) is 22.5 Å². The van der Waals surface area contributed by atoms with Gasteiger partial charge in [-0.25, -0.2) is 14.8 Å². The number of benzene rings is 1. The molecule has 3 amide bonds. The first-order valence-electron chi connectivity index (χ1n) is 11.7. The monoisotopic (exact) mass is 450 g/mol. The van der Waals surface area contributed by atoms with E-state index in [-0.39, 0.29) is 24.0 Å². The summed E-state index contributed by atoms with van der Waals surface area (Å²) in [7, 11) is 0. The molecule has 174 valence electrons. The fourth-order valence-corrected chi connectivity index (χ4v) is 4.98. The van der Waals surface area contributed by atoms with Crippen molar-refractivity contribution in [2.24, 2.45) is 0 Å². The summed E-state index contributed by atoms with van der Waals surface area (Å²) in [5, 5.41) is 5.54. The van der Waals surface area contributed by atoms with Crippen molar-refractivity contribution in [2.45, 2.75) is 45.2 Å². The lowest BCUT2D eigenvalue weighted by Crippen LogP contribution is -2.45. The Labute approximate surface area is 193 Å². The van der Waals surface area contributed by atoms with Crippen LogP contribution in [-0.2, 0) is 16.0 Å². The Kier molecular flexibility index (Phi) is 5.88. The van der Waals surface area contributed by atoms with Gasteiger partial charge in [-0.2, -0.15) is 0 Å². The molecule has 4 heterocycles. The number of carbonyl (C=O) groups is 2. The fourth-order valence-electron chi connectivity index (χ4n) is 4.98. The average molecular weight is 451 g/mol. The maximum atomic E-state index is 12.4. The van der Waals surface area contributed by atoms with E-state index in [9.17, 15) is 9.59 Å². The lowest BCUT2D eigenvalue weighted by Gasteiger charge is -2.38. The molecule has 0 spiro atoms. The van der Waals surface area contributed by atoms with Crippen LogP contribution < -0.4 is 15.5 Å². The standard InChI is InChI=1S/C24H30N6O3/c1-3-25-24(32)26-17-6-4-16(5-7-17)22-27-21-18(10-11-30-19(21)8-9-20(30)31)23(28-22)29-12-13-33-14-15(29)2/h4-7,15,19H,3,8-14H2,1-2H3,(H2,25,26,32)/t15-,19-/m0/s1. The minimum Gasteiger partial charge on any atom is -0.377 e. The van der Waals surface area contributed by atoms with Gasteiger partial charge in [0.05, 0.1) is 31.0 Å². The van der Waals surface area contributed by atoms with Gasteiger partial charge in [0.25, 0.3) is 0 Å². The number of nitrogens with zero attached hydrogens (tertiary/aromatic N) is 4. The third-order valence-corrected chi connectivity index (χ3v) is 6.64. The number of urea groups is 1. The van der Waals surface area contributed by atoms with E-state index >= 15 is 0 Å². The molecule has 9 heteroatoms. The molecule has 2 fully saturated rings. The van der Waals surface area contributed by atoms with Crippen LogP contribution in [0.25, 0.3) is 11.4 Å². The minimum absolute atomic E-state index is 0.0248. The molecule has 0 bridgehead atoms. The second-order valence-electron chi connectivity index (χ2n) is 8.81. The lowest BCUT2D eigenvalue weighted by molar-refractivity contribution is -0.129. The van der Waals surface area contributed by atoms with E-state index in [0.29, 0.717) is 37.7 Å². The van der Waals surface area contributed by atoms with Crippen LogP contribution >= 0.6 is 0 Å². The van der Waals surface area contributed by atoms with Crippen molar-refractivity contribution in [1.29, 1.82) is 0 Å². The zero-order valence-electron chi connectivity index (χ0n) is 19.1. The smallest absolute Gasteiger partial charge is 0.319 e. The zero-order chi connectivity index (χ0) is 22.9. The lowest BCUT2D eigenvalue weighted by atomic mass is 9.97. The summed E-state index contributed by atoms with van der Waals surface area (Å²) in [5.74, 6) is 1.83. The highest BCUT2D eigenvalue weighted by Gasteiger charge is 2.40. The number of hydrogen-bond donors (Lipinski definition) is 2. The van der Waals surface area contributed by atoms with Gasteiger partial charge >= 0.3 is 6.03 Å². The Morgan fingerprint density at radius 1 is 1.15 bits per heavy atom. The number of hydrogen-bond acceptors (Lipinski definition) is 6. The molecule has 1 aromatic heterocycles. The molecule has 33 heavy (non-hydrogen) atoms. The number of ether oxygens (including phenoxy) is 1. The summed E-state index contributed by atoms with van der Waals surface area (Å²) in [5.41, 5.74) is 3.73. The molecule has 0 radical (unpaired) electrons. The molecule has 9 nitrogen and oxygen atoms in total. The van der Waals surface area contributed by atoms with Gasteiger partial charge in [-0.3, -0.25) is 4.79 Å². The molecule has 3 aliphatic heterocycles. The number of anilines is 2. The van der Waals surface area contributed by atoms with Crippen LogP contribution in [0, 0.1) is 0 Å². The molecule has 0 aliphatic carbocycles. The summed E-state index contributed by atoms with van der Waals surface area (Å²) in [6, 6.07) is 7.58. The number of morpholine rings is 1. The number of aromatic nitrogens is 2. The molecular weight excluding hydrogens is 420 g/mol. The fraction of sp³-hybridized carbons (Fsp3) is 0.500. The van der Waals surface area contributed by atoms with Gasteiger partial charge in [0, 0.05) is 42.9 Å². The molecule has 2 saturated heterocycles. The van der Waals surface area contributed by atoms with Gasteiger partial charge in [0.2, 0.25) is 5.91 Å². The van der Waals surface area contributed by atoms with Crippen molar-refractivity contribution in [3.05, 3.63) is 35.5 Å². The van der Waals surface area contributed by atoms with Crippen molar-refractivity contribution in [3.8, 4) is 11.4 Å². The molecular formula is C24H30N6O3. The Morgan fingerprint density at radius 2 is 1.97 bits per heavy atom. The first kappa shape index (κ1) is 21.6. The van der Waals surface area contributed by atoms with E-state index in [1.54, 1.807) is 0 Å². The Morgan fingerprint density at radius 3 is 2.73 bits per heavy atom. The third-order valence-electron chi connectivity index (χ3n) is 6.64. The second kappa shape index (κ2) is 8.97. The van der Waals surface area contributed by atoms with Gasteiger partial charge in [0.15, 0.2) is 5.82 Å². The number of fused-ring (bicyclic) bond motifs is 3. The number of carbonyl (C=O) groups excluding carboxylic acids is 2. The van der Waals surface area contributed by atoms with Gasteiger partial charge < -0.3 is 25.2 Å². The van der Waals surface area contributed by atoms with Crippen molar-refractivity contribution in [1.82, 2.24) is 20.2 Å². The normalized spacial score (nSPS) is 22.1. The van der Waals surface area contributed by atoms with Gasteiger partial charge in [0.1, 0.15) is 5.82 Å². The van der Waals surface area contributed by atoms with Crippen LogP contribution in [0.1, 0.15) is 44.0 Å². The molecule has 3 aliphatic rings. The number of rotatable bonds is 4. The van der Waals surface area contributed by atoms with Crippen molar-refractivity contribution >= 4 is 23.4 Å². The summed E-state index contributed by atoms with van der Waals surface area (Å²) in [4.78, 5) is 38.6. The van der Waals surface area contributed by atoms with E-state index < -0.39 is 0 Å². The van der Waals surface area contributed by atoms with Crippen molar-refractivity contribution in [2.75, 3.05) is 43.1 Å². The highest BCUT2D eigenvalue weighted by atomic mass is 16.5. The number of amides is 3. The summed E-state index contributed by atoms with van der Waals surface area (Å²) in [6.07, 6.45) is 2.15. The summed E-state index contributed by atoms with van der Waals surface area (Å²) < 4.78 is 5.66. The first-order valence-corrected chi connectivity index (χ1v) is 11.7. The Balaban J connectivity index is 1.53. The molecule has 0 saturated carbocycles. The largest absolute Gasteiger partial charge is 0.377 e. The summed E-state index contributed by atoms with van der Waals surface area (Å²) >= 11 is 0. The predicted octanol–water partition coefficient (Wildman–Crippen LogP) is 2.73. The number of nitrogens with one attached hydrogen (secondary N) is 2. The van der Waals surface area contributed by atoms with Crippen LogP contribution in [0.4, 0.5) is 16.3 Å². The zero-order valence-corrected chi connectivity index (χ0v) is 19.1. The van der Waals surface area contributed by atoms with Crippen LogP contribution in [0.5, 0.6) is 0 Å². The maximum Gasteiger partial charge on any atom is 0.319 e. The Bertz CT molecular complexity index is 1060.